The highest BCUT2D eigenvalue weighted by Gasteiger charge is 2.20. The number of carboxylic acids is 1. The standard InChI is InChI=1S/C24H16O5/c25-19-12-10-16(11-13-19)24(28)29-22-20(6-3-7-21(22)23(26)27)18-9-8-15-4-1-2-5-17(15)14-18/h1-14,25H,(H,26,27). The molecule has 0 fully saturated rings. The van der Waals surface area contributed by atoms with E-state index in [4.69, 9.17) is 4.74 Å². The van der Waals surface area contributed by atoms with Gasteiger partial charge in [0.2, 0.25) is 0 Å². The second kappa shape index (κ2) is 7.48. The third-order valence-electron chi connectivity index (χ3n) is 4.60. The maximum Gasteiger partial charge on any atom is 0.343 e. The van der Waals surface area contributed by atoms with Crippen molar-refractivity contribution in [3.8, 4) is 22.6 Å². The first-order valence-electron chi connectivity index (χ1n) is 8.89. The van der Waals surface area contributed by atoms with Crippen molar-refractivity contribution >= 4 is 22.7 Å². The van der Waals surface area contributed by atoms with Crippen LogP contribution in [0.15, 0.2) is 84.9 Å². The van der Waals surface area contributed by atoms with E-state index in [1.165, 1.54) is 30.3 Å². The summed E-state index contributed by atoms with van der Waals surface area (Å²) in [7, 11) is 0. The second-order valence-corrected chi connectivity index (χ2v) is 6.49. The summed E-state index contributed by atoms with van der Waals surface area (Å²) in [5.74, 6) is -1.90. The number of benzene rings is 4. The molecule has 0 saturated heterocycles. The molecule has 0 aliphatic carbocycles. The Morgan fingerprint density at radius 1 is 0.759 bits per heavy atom. The van der Waals surface area contributed by atoms with E-state index in [2.05, 4.69) is 0 Å². The first kappa shape index (κ1) is 18.3. The maximum atomic E-state index is 12.6. The predicted octanol–water partition coefficient (Wildman–Crippen LogP) is 5.13. The number of aromatic carboxylic acids is 1. The zero-order chi connectivity index (χ0) is 20.4. The topological polar surface area (TPSA) is 83.8 Å². The van der Waals surface area contributed by atoms with Crippen molar-refractivity contribution in [2.45, 2.75) is 0 Å². The molecule has 0 amide bonds. The van der Waals surface area contributed by atoms with Crippen molar-refractivity contribution in [3.63, 3.8) is 0 Å². The molecule has 142 valence electrons. The van der Waals surface area contributed by atoms with Crippen LogP contribution >= 0.6 is 0 Å². The quantitative estimate of drug-likeness (QED) is 0.376. The van der Waals surface area contributed by atoms with Crippen LogP contribution in [0.4, 0.5) is 0 Å². The number of carbonyl (C=O) groups is 2. The number of para-hydroxylation sites is 1. The minimum absolute atomic E-state index is 0.0179. The van der Waals surface area contributed by atoms with Crippen molar-refractivity contribution < 1.29 is 24.5 Å². The van der Waals surface area contributed by atoms with Crippen molar-refractivity contribution in [3.05, 3.63) is 96.1 Å². The van der Waals surface area contributed by atoms with Gasteiger partial charge in [0.15, 0.2) is 5.75 Å². The third-order valence-corrected chi connectivity index (χ3v) is 4.60. The van der Waals surface area contributed by atoms with Gasteiger partial charge in [-0.3, -0.25) is 0 Å². The van der Waals surface area contributed by atoms with Crippen LogP contribution in [-0.2, 0) is 0 Å². The van der Waals surface area contributed by atoms with Gasteiger partial charge in [0.05, 0.1) is 5.56 Å². The normalized spacial score (nSPS) is 10.6. The molecule has 0 aromatic heterocycles. The average molecular weight is 384 g/mol. The van der Waals surface area contributed by atoms with Crippen molar-refractivity contribution in [2.75, 3.05) is 0 Å². The second-order valence-electron chi connectivity index (χ2n) is 6.49. The van der Waals surface area contributed by atoms with Gasteiger partial charge in [-0.05, 0) is 52.7 Å². The number of rotatable bonds is 4. The summed E-state index contributed by atoms with van der Waals surface area (Å²) < 4.78 is 5.53. The Labute approximate surface area is 166 Å². The fourth-order valence-electron chi connectivity index (χ4n) is 3.15. The van der Waals surface area contributed by atoms with Gasteiger partial charge in [-0.15, -0.1) is 0 Å². The molecule has 4 rings (SSSR count). The Balaban J connectivity index is 1.81. The maximum absolute atomic E-state index is 12.6. The van der Waals surface area contributed by atoms with Crippen molar-refractivity contribution in [1.29, 1.82) is 0 Å². The number of phenols is 1. The van der Waals surface area contributed by atoms with Gasteiger partial charge in [-0.1, -0.05) is 48.5 Å². The lowest BCUT2D eigenvalue weighted by atomic mass is 9.98. The van der Waals surface area contributed by atoms with Gasteiger partial charge >= 0.3 is 11.9 Å². The zero-order valence-corrected chi connectivity index (χ0v) is 15.2. The summed E-state index contributed by atoms with van der Waals surface area (Å²) in [5.41, 5.74) is 1.33. The summed E-state index contributed by atoms with van der Waals surface area (Å²) in [6.45, 7) is 0. The van der Waals surface area contributed by atoms with Gasteiger partial charge in [-0.25, -0.2) is 9.59 Å². The number of carboxylic acid groups (broad SMARTS) is 1. The number of carbonyl (C=O) groups excluding carboxylic acids is 1. The first-order chi connectivity index (χ1) is 14.0. The van der Waals surface area contributed by atoms with E-state index in [1.54, 1.807) is 12.1 Å². The minimum Gasteiger partial charge on any atom is -0.508 e. The minimum atomic E-state index is -1.19. The van der Waals surface area contributed by atoms with E-state index < -0.39 is 11.9 Å². The fourth-order valence-corrected chi connectivity index (χ4v) is 3.15. The van der Waals surface area contributed by atoms with Crippen LogP contribution in [0.3, 0.4) is 0 Å². The SMILES string of the molecule is O=C(Oc1c(C(=O)O)cccc1-c1ccc2ccccc2c1)c1ccc(O)cc1. The molecule has 5 nitrogen and oxygen atoms in total. The monoisotopic (exact) mass is 384 g/mol. The highest BCUT2D eigenvalue weighted by molar-refractivity contribution is 5.99. The lowest BCUT2D eigenvalue weighted by Crippen LogP contribution is -2.12. The van der Waals surface area contributed by atoms with Crippen LogP contribution in [0, 0.1) is 0 Å². The molecule has 4 aromatic rings. The van der Waals surface area contributed by atoms with Crippen LogP contribution in [0.1, 0.15) is 20.7 Å². The Hall–Kier alpha value is -4.12. The van der Waals surface area contributed by atoms with Crippen LogP contribution in [-0.4, -0.2) is 22.2 Å². The molecule has 0 bridgehead atoms. The molecule has 0 aliphatic heterocycles. The molecule has 29 heavy (non-hydrogen) atoms. The molecule has 5 heteroatoms. The highest BCUT2D eigenvalue weighted by Crippen LogP contribution is 2.35. The smallest absolute Gasteiger partial charge is 0.343 e. The summed E-state index contributed by atoms with van der Waals surface area (Å²) in [5, 5.41) is 21.0. The van der Waals surface area contributed by atoms with E-state index >= 15 is 0 Å². The van der Waals surface area contributed by atoms with Crippen molar-refractivity contribution in [1.82, 2.24) is 0 Å². The van der Waals surface area contributed by atoms with E-state index in [9.17, 15) is 19.8 Å². The lowest BCUT2D eigenvalue weighted by Gasteiger charge is -2.14. The van der Waals surface area contributed by atoms with Crippen molar-refractivity contribution in [2.24, 2.45) is 0 Å². The molecule has 0 atom stereocenters. The first-order valence-corrected chi connectivity index (χ1v) is 8.89. The van der Waals surface area contributed by atoms with Gasteiger partial charge in [0.25, 0.3) is 0 Å². The number of aromatic hydroxyl groups is 1. The van der Waals surface area contributed by atoms with Gasteiger partial charge in [0, 0.05) is 5.56 Å². The fraction of sp³-hybridized carbons (Fsp3) is 0. The highest BCUT2D eigenvalue weighted by atomic mass is 16.5. The van der Waals surface area contributed by atoms with Crippen LogP contribution in [0.5, 0.6) is 11.5 Å². The Kier molecular flexibility index (Phi) is 4.71. The van der Waals surface area contributed by atoms with E-state index in [0.717, 1.165) is 16.3 Å². The Bertz CT molecular complexity index is 1230. The Morgan fingerprint density at radius 3 is 2.21 bits per heavy atom. The summed E-state index contributed by atoms with van der Waals surface area (Å²) in [6.07, 6.45) is 0. The molecule has 0 aliphatic rings. The molecule has 0 heterocycles. The van der Waals surface area contributed by atoms with Gasteiger partial charge in [0.1, 0.15) is 11.3 Å². The number of hydrogen-bond acceptors (Lipinski definition) is 4. The molecule has 4 aromatic carbocycles. The lowest BCUT2D eigenvalue weighted by molar-refractivity contribution is 0.0682. The molecule has 2 N–H and O–H groups in total. The molecular formula is C24H16O5. The summed E-state index contributed by atoms with van der Waals surface area (Å²) >= 11 is 0. The van der Waals surface area contributed by atoms with E-state index in [0.29, 0.717) is 5.56 Å². The molecule has 0 spiro atoms. The van der Waals surface area contributed by atoms with Gasteiger partial charge in [-0.2, -0.15) is 0 Å². The number of phenolic OH excluding ortho intramolecular Hbond substituents is 1. The third kappa shape index (κ3) is 3.66. The largest absolute Gasteiger partial charge is 0.508 e. The molecule has 0 saturated carbocycles. The number of hydrogen-bond donors (Lipinski definition) is 2. The molecule has 0 radical (unpaired) electrons. The predicted molar refractivity (Wildman–Crippen MR) is 109 cm³/mol. The van der Waals surface area contributed by atoms with Crippen LogP contribution < -0.4 is 4.74 Å². The Morgan fingerprint density at radius 2 is 1.48 bits per heavy atom. The number of ether oxygens (including phenoxy) is 1. The van der Waals surface area contributed by atoms with Gasteiger partial charge < -0.3 is 14.9 Å². The average Bonchev–Trinajstić information content (AvgIpc) is 2.73. The zero-order valence-electron chi connectivity index (χ0n) is 15.2. The molecular weight excluding hydrogens is 368 g/mol. The van der Waals surface area contributed by atoms with Crippen LogP contribution in [0.2, 0.25) is 0 Å². The van der Waals surface area contributed by atoms with E-state index in [-0.39, 0.29) is 22.6 Å². The number of esters is 1. The molecule has 0 unspecified atom stereocenters. The van der Waals surface area contributed by atoms with Crippen LogP contribution in [0.25, 0.3) is 21.9 Å². The summed E-state index contributed by atoms with van der Waals surface area (Å²) in [6, 6.07) is 23.8. The number of fused-ring (bicyclic) bond motifs is 1. The van der Waals surface area contributed by atoms with E-state index in [1.807, 2.05) is 42.5 Å². The summed E-state index contributed by atoms with van der Waals surface area (Å²) in [4.78, 5) is 24.4.